The number of ether oxygens (including phenoxy) is 1. The molecule has 1 saturated heterocycles. The fourth-order valence-corrected chi connectivity index (χ4v) is 2.57. The lowest BCUT2D eigenvalue weighted by atomic mass is 10.1. The Hall–Kier alpha value is -3.35. The molecule has 170 valence electrons. The van der Waals surface area contributed by atoms with Crippen molar-refractivity contribution < 1.29 is 19.1 Å². The zero-order valence-electron chi connectivity index (χ0n) is 19.4. The number of carbonyl (C=O) groups is 3. The maximum absolute atomic E-state index is 12.6. The largest absolute Gasteiger partial charge is 0.453 e. The third-order valence-corrected chi connectivity index (χ3v) is 3.93. The molecule has 0 aromatic heterocycles. The van der Waals surface area contributed by atoms with Gasteiger partial charge in [-0.2, -0.15) is 0 Å². The van der Waals surface area contributed by atoms with Gasteiger partial charge in [0.15, 0.2) is 0 Å². The second-order valence-corrected chi connectivity index (χ2v) is 5.75. The Morgan fingerprint density at radius 3 is 1.90 bits per heavy atom. The van der Waals surface area contributed by atoms with E-state index < -0.39 is 6.09 Å². The summed E-state index contributed by atoms with van der Waals surface area (Å²) in [5.41, 5.74) is 1.69. The highest BCUT2D eigenvalue weighted by Crippen LogP contribution is 2.21. The first-order valence-corrected chi connectivity index (χ1v) is 10.5. The molecule has 1 fully saturated rings. The van der Waals surface area contributed by atoms with Gasteiger partial charge in [0.05, 0.1) is 12.8 Å². The Bertz CT molecular complexity index is 761. The molecule has 1 heterocycles. The molecule has 7 nitrogen and oxygen atoms in total. The monoisotopic (exact) mass is 429 g/mol. The van der Waals surface area contributed by atoms with E-state index in [0.717, 1.165) is 5.56 Å². The summed E-state index contributed by atoms with van der Waals surface area (Å²) in [5.74, 6) is -0.143. The Morgan fingerprint density at radius 2 is 1.45 bits per heavy atom. The molecule has 3 rings (SSSR count). The highest BCUT2D eigenvalue weighted by atomic mass is 16.5. The van der Waals surface area contributed by atoms with Crippen LogP contribution in [0.1, 0.15) is 39.7 Å². The van der Waals surface area contributed by atoms with Crippen LogP contribution in [-0.4, -0.2) is 43.6 Å². The van der Waals surface area contributed by atoms with E-state index in [-0.39, 0.29) is 11.9 Å². The van der Waals surface area contributed by atoms with Crippen LogP contribution in [0.2, 0.25) is 0 Å². The van der Waals surface area contributed by atoms with Gasteiger partial charge in [-0.15, -0.1) is 0 Å². The summed E-state index contributed by atoms with van der Waals surface area (Å²) < 4.78 is 4.15. The maximum Gasteiger partial charge on any atom is 0.406 e. The van der Waals surface area contributed by atoms with Crippen molar-refractivity contribution in [1.29, 1.82) is 0 Å². The first-order chi connectivity index (χ1) is 15.1. The summed E-state index contributed by atoms with van der Waals surface area (Å²) in [6.07, 6.45) is -0.0528. The molecule has 2 aromatic rings. The van der Waals surface area contributed by atoms with Gasteiger partial charge in [-0.1, -0.05) is 76.2 Å². The molecule has 0 aliphatic carbocycles. The molecule has 1 N–H and O–H groups in total. The van der Waals surface area contributed by atoms with Gasteiger partial charge in [0.25, 0.3) is 0 Å². The van der Waals surface area contributed by atoms with Crippen LogP contribution in [-0.2, 0) is 16.1 Å². The third kappa shape index (κ3) is 9.33. The normalized spacial score (nSPS) is 12.2. The average molecular weight is 430 g/mol. The molecule has 0 radical (unpaired) electrons. The minimum atomic E-state index is -0.407. The van der Waals surface area contributed by atoms with Crippen LogP contribution >= 0.6 is 0 Å². The van der Waals surface area contributed by atoms with Crippen molar-refractivity contribution in [2.75, 3.05) is 25.6 Å². The molecule has 2 aromatic carbocycles. The van der Waals surface area contributed by atoms with Gasteiger partial charge < -0.3 is 15.0 Å². The van der Waals surface area contributed by atoms with E-state index >= 15 is 0 Å². The number of hydrogen-bond donors (Lipinski definition) is 1. The fourth-order valence-electron chi connectivity index (χ4n) is 2.57. The first kappa shape index (κ1) is 27.7. The van der Waals surface area contributed by atoms with Gasteiger partial charge in [-0.05, 0) is 17.7 Å². The topological polar surface area (TPSA) is 79.0 Å². The zero-order valence-corrected chi connectivity index (χ0v) is 19.4. The van der Waals surface area contributed by atoms with Crippen LogP contribution in [0.5, 0.6) is 0 Å². The molecule has 0 bridgehead atoms. The number of alkyl carbamates (subject to hydrolysis) is 1. The van der Waals surface area contributed by atoms with Crippen LogP contribution in [0, 0.1) is 0 Å². The van der Waals surface area contributed by atoms with Crippen LogP contribution in [0.3, 0.4) is 0 Å². The number of nitrogens with one attached hydrogen (secondary N) is 1. The van der Waals surface area contributed by atoms with Gasteiger partial charge in [0, 0.05) is 26.6 Å². The van der Waals surface area contributed by atoms with E-state index in [9.17, 15) is 14.4 Å². The quantitative estimate of drug-likeness (QED) is 0.739. The van der Waals surface area contributed by atoms with Crippen molar-refractivity contribution >= 4 is 23.7 Å². The van der Waals surface area contributed by atoms with Crippen molar-refractivity contribution in [2.24, 2.45) is 0 Å². The molecule has 1 aliphatic rings. The van der Waals surface area contributed by atoms with Crippen molar-refractivity contribution in [1.82, 2.24) is 10.2 Å². The van der Waals surface area contributed by atoms with Crippen molar-refractivity contribution in [2.45, 2.75) is 40.7 Å². The first-order valence-electron chi connectivity index (χ1n) is 10.5. The van der Waals surface area contributed by atoms with E-state index in [1.165, 1.54) is 19.1 Å². The third-order valence-electron chi connectivity index (χ3n) is 3.93. The van der Waals surface area contributed by atoms with Crippen molar-refractivity contribution in [3.8, 4) is 0 Å². The highest BCUT2D eigenvalue weighted by Gasteiger charge is 2.32. The Morgan fingerprint density at radius 1 is 0.935 bits per heavy atom. The molecule has 1 aliphatic heterocycles. The maximum atomic E-state index is 12.6. The lowest BCUT2D eigenvalue weighted by molar-refractivity contribution is -0.119. The van der Waals surface area contributed by atoms with E-state index in [2.05, 4.69) is 10.1 Å². The number of hydrogen-bond acceptors (Lipinski definition) is 4. The van der Waals surface area contributed by atoms with Crippen molar-refractivity contribution in [3.05, 3.63) is 66.2 Å². The predicted octanol–water partition coefficient (Wildman–Crippen LogP) is 5.07. The number of anilines is 1. The number of amides is 4. The second kappa shape index (κ2) is 16.4. The summed E-state index contributed by atoms with van der Waals surface area (Å²) in [7, 11) is 2.82. The number of imide groups is 1. The number of urea groups is 1. The Labute approximate surface area is 186 Å². The predicted molar refractivity (Wildman–Crippen MR) is 125 cm³/mol. The lowest BCUT2D eigenvalue weighted by Crippen LogP contribution is -2.52. The summed E-state index contributed by atoms with van der Waals surface area (Å²) in [5, 5.41) is 2.25. The van der Waals surface area contributed by atoms with E-state index in [1.54, 1.807) is 17.0 Å². The average Bonchev–Trinajstić information content (AvgIpc) is 2.85. The standard InChI is InChI=1S/C17H16N2O2.C3H7NO2.2C2H6/c20-16-11-12-18(13-14-7-3-1-4-8-14)17(21)19(16)15-9-5-2-6-10-15;1-4-3(5)6-2;2*1-2/h1-10H,11-13H2;1-2H3,(H,4,5);2*1-2H3. The Balaban J connectivity index is 0.000000771. The Kier molecular flexibility index (Phi) is 14.7. The smallest absolute Gasteiger partial charge is 0.406 e. The molecular weight excluding hydrogens is 394 g/mol. The minimum Gasteiger partial charge on any atom is -0.453 e. The number of methoxy groups -OCH3 is 1. The van der Waals surface area contributed by atoms with E-state index in [1.807, 2.05) is 76.2 Å². The summed E-state index contributed by atoms with van der Waals surface area (Å²) in [6, 6.07) is 18.6. The molecular formula is C24H35N3O4. The van der Waals surface area contributed by atoms with Crippen LogP contribution in [0.25, 0.3) is 0 Å². The molecule has 4 amide bonds. The second-order valence-electron chi connectivity index (χ2n) is 5.75. The molecule has 0 atom stereocenters. The van der Waals surface area contributed by atoms with Crippen LogP contribution in [0.4, 0.5) is 15.3 Å². The van der Waals surface area contributed by atoms with Gasteiger partial charge in [0.1, 0.15) is 0 Å². The van der Waals surface area contributed by atoms with Crippen molar-refractivity contribution in [3.63, 3.8) is 0 Å². The van der Waals surface area contributed by atoms with Crippen LogP contribution in [0.15, 0.2) is 60.7 Å². The van der Waals surface area contributed by atoms with E-state index in [4.69, 9.17) is 0 Å². The minimum absolute atomic E-state index is 0.143. The molecule has 0 saturated carbocycles. The van der Waals surface area contributed by atoms with Gasteiger partial charge in [0.2, 0.25) is 5.91 Å². The number of rotatable bonds is 3. The fraction of sp³-hybridized carbons (Fsp3) is 0.375. The molecule has 0 spiro atoms. The molecule has 7 heteroatoms. The summed E-state index contributed by atoms with van der Waals surface area (Å²) in [4.78, 5) is 37.5. The number of nitrogens with zero attached hydrogens (tertiary/aromatic N) is 2. The summed E-state index contributed by atoms with van der Waals surface area (Å²) >= 11 is 0. The van der Waals surface area contributed by atoms with Gasteiger partial charge in [-0.25, -0.2) is 14.5 Å². The van der Waals surface area contributed by atoms with E-state index in [0.29, 0.717) is 25.2 Å². The summed E-state index contributed by atoms with van der Waals surface area (Å²) in [6.45, 7) is 8.99. The highest BCUT2D eigenvalue weighted by molar-refractivity contribution is 6.15. The number of carbonyl (C=O) groups excluding carboxylic acids is 3. The number of para-hydroxylation sites is 1. The SMILES string of the molecule is CC.CC.CNC(=O)OC.O=C1CCN(Cc2ccccc2)C(=O)N1c1ccccc1. The number of benzene rings is 2. The van der Waals surface area contributed by atoms with Gasteiger partial charge in [-0.3, -0.25) is 4.79 Å². The molecule has 31 heavy (non-hydrogen) atoms. The zero-order chi connectivity index (χ0) is 23.6. The lowest BCUT2D eigenvalue weighted by Gasteiger charge is -2.34. The van der Waals surface area contributed by atoms with Gasteiger partial charge >= 0.3 is 12.1 Å². The molecule has 0 unspecified atom stereocenters. The van der Waals surface area contributed by atoms with Crippen LogP contribution < -0.4 is 10.2 Å².